The van der Waals surface area contributed by atoms with Gasteiger partial charge in [0.25, 0.3) is 0 Å². The van der Waals surface area contributed by atoms with Gasteiger partial charge in [-0.25, -0.2) is 9.36 Å². The van der Waals surface area contributed by atoms with Crippen molar-refractivity contribution in [2.75, 3.05) is 0 Å². The summed E-state index contributed by atoms with van der Waals surface area (Å²) in [4.78, 5) is 24.3. The van der Waals surface area contributed by atoms with E-state index >= 15 is 0 Å². The van der Waals surface area contributed by atoms with Crippen LogP contribution in [-0.2, 0) is 11.2 Å². The minimum atomic E-state index is -0.870. The molecule has 0 atom stereocenters. The molecule has 0 saturated heterocycles. The molecule has 4 N–H and O–H groups in total. The van der Waals surface area contributed by atoms with Crippen LogP contribution in [0.3, 0.4) is 0 Å². The van der Waals surface area contributed by atoms with Gasteiger partial charge in [-0.15, -0.1) is 5.10 Å². The van der Waals surface area contributed by atoms with E-state index in [1.165, 1.54) is 9.25 Å². The van der Waals surface area contributed by atoms with Crippen LogP contribution in [0.25, 0.3) is 11.4 Å². The average molecular weight is 393 g/mol. The van der Waals surface area contributed by atoms with Gasteiger partial charge >= 0.3 is 11.7 Å². The zero-order chi connectivity index (χ0) is 21.3. The van der Waals surface area contributed by atoms with E-state index in [2.05, 4.69) is 5.10 Å². The molecule has 2 aromatic carbocycles. The largest absolute Gasteiger partial charge is 0.481 e. The molecule has 1 heterocycles. The molecule has 3 aromatic rings. The lowest BCUT2D eigenvalue weighted by Crippen LogP contribution is -2.26. The quantitative estimate of drug-likeness (QED) is 0.437. The van der Waals surface area contributed by atoms with Gasteiger partial charge in [0.05, 0.1) is 16.8 Å². The standard InChI is InChI=1S/C21H23N5O3/c1-13-24-26(17-10-6-15(7-11-17)18(22)23)20(29)25(13)16-8-4-14(5-9-16)12-21(2,3)19(27)28/h4-11H,12H2,1-3H3,(H3,22,23)(H,27,28). The van der Waals surface area contributed by atoms with Crippen molar-refractivity contribution in [2.45, 2.75) is 27.2 Å². The normalized spacial score (nSPS) is 11.4. The third-order valence-corrected chi connectivity index (χ3v) is 4.78. The van der Waals surface area contributed by atoms with Crippen LogP contribution in [0.4, 0.5) is 0 Å². The van der Waals surface area contributed by atoms with Crippen LogP contribution in [-0.4, -0.2) is 31.3 Å². The molecule has 0 amide bonds. The molecule has 150 valence electrons. The number of carbonyl (C=O) groups is 1. The Bertz CT molecular complexity index is 1120. The van der Waals surface area contributed by atoms with Crippen molar-refractivity contribution < 1.29 is 9.90 Å². The number of aryl methyl sites for hydroxylation is 1. The van der Waals surface area contributed by atoms with E-state index in [0.717, 1.165) is 5.56 Å². The van der Waals surface area contributed by atoms with Crippen LogP contribution in [0.2, 0.25) is 0 Å². The number of nitrogens with one attached hydrogen (secondary N) is 1. The highest BCUT2D eigenvalue weighted by atomic mass is 16.4. The fraction of sp³-hybridized carbons (Fsp3) is 0.238. The Morgan fingerprint density at radius 1 is 1.10 bits per heavy atom. The molecule has 8 heteroatoms. The van der Waals surface area contributed by atoms with Crippen LogP contribution in [0.1, 0.15) is 30.8 Å². The number of benzene rings is 2. The first-order chi connectivity index (χ1) is 13.6. The zero-order valence-electron chi connectivity index (χ0n) is 16.5. The first kappa shape index (κ1) is 20.1. The number of nitrogen functional groups attached to an aromatic ring is 1. The lowest BCUT2D eigenvalue weighted by Gasteiger charge is -2.19. The molecule has 1 aromatic heterocycles. The second kappa shape index (κ2) is 7.38. The summed E-state index contributed by atoms with van der Waals surface area (Å²) in [6, 6.07) is 13.9. The molecule has 0 fully saturated rings. The molecule has 0 aliphatic carbocycles. The Balaban J connectivity index is 1.93. The Morgan fingerprint density at radius 2 is 1.66 bits per heavy atom. The number of nitrogens with zero attached hydrogens (tertiary/aromatic N) is 3. The highest BCUT2D eigenvalue weighted by Gasteiger charge is 2.27. The monoisotopic (exact) mass is 393 g/mol. The van der Waals surface area contributed by atoms with Gasteiger partial charge in [-0.2, -0.15) is 4.68 Å². The molecule has 0 unspecified atom stereocenters. The molecule has 0 aliphatic rings. The molecule has 0 bridgehead atoms. The molecule has 3 rings (SSSR count). The number of amidine groups is 1. The lowest BCUT2D eigenvalue weighted by molar-refractivity contribution is -0.146. The number of hydrogen-bond donors (Lipinski definition) is 3. The number of rotatable bonds is 6. The minimum Gasteiger partial charge on any atom is -0.481 e. The molecule has 8 nitrogen and oxygen atoms in total. The van der Waals surface area contributed by atoms with Gasteiger partial charge < -0.3 is 10.8 Å². The van der Waals surface area contributed by atoms with E-state index in [9.17, 15) is 14.7 Å². The highest BCUT2D eigenvalue weighted by molar-refractivity contribution is 5.95. The fourth-order valence-electron chi connectivity index (χ4n) is 3.06. The van der Waals surface area contributed by atoms with E-state index in [1.807, 2.05) is 12.1 Å². The van der Waals surface area contributed by atoms with Crippen molar-refractivity contribution in [3.63, 3.8) is 0 Å². The van der Waals surface area contributed by atoms with Gasteiger partial charge in [-0.1, -0.05) is 12.1 Å². The third-order valence-electron chi connectivity index (χ3n) is 4.78. The van der Waals surface area contributed by atoms with Crippen molar-refractivity contribution >= 4 is 11.8 Å². The first-order valence-electron chi connectivity index (χ1n) is 9.06. The number of carboxylic acids is 1. The topological polar surface area (TPSA) is 127 Å². The molecular formula is C21H23N5O3. The predicted octanol–water partition coefficient (Wildman–Crippen LogP) is 2.27. The minimum absolute atomic E-state index is 0.0447. The first-order valence-corrected chi connectivity index (χ1v) is 9.06. The molecule has 0 radical (unpaired) electrons. The van der Waals surface area contributed by atoms with Crippen molar-refractivity contribution in [1.82, 2.24) is 14.3 Å². The summed E-state index contributed by atoms with van der Waals surface area (Å²) in [5.41, 5.74) is 6.94. The number of nitrogens with two attached hydrogens (primary N) is 1. The number of carboxylic acid groups (broad SMARTS) is 1. The van der Waals surface area contributed by atoms with Gasteiger partial charge in [0.1, 0.15) is 11.7 Å². The molecule has 0 saturated carbocycles. The van der Waals surface area contributed by atoms with E-state index < -0.39 is 11.4 Å². The smallest absolute Gasteiger partial charge is 0.355 e. The molecule has 0 aliphatic heterocycles. The summed E-state index contributed by atoms with van der Waals surface area (Å²) in [6.07, 6.45) is 0.387. The van der Waals surface area contributed by atoms with Crippen molar-refractivity contribution in [3.05, 3.63) is 76.0 Å². The van der Waals surface area contributed by atoms with Gasteiger partial charge in [-0.3, -0.25) is 10.2 Å². The third kappa shape index (κ3) is 3.96. The van der Waals surface area contributed by atoms with Crippen LogP contribution in [0, 0.1) is 17.7 Å². The maximum atomic E-state index is 12.9. The lowest BCUT2D eigenvalue weighted by atomic mass is 9.86. The number of aliphatic carboxylic acids is 1. The Kier molecular flexibility index (Phi) is 5.11. The van der Waals surface area contributed by atoms with Gasteiger partial charge in [-0.05, 0) is 69.2 Å². The van der Waals surface area contributed by atoms with Gasteiger partial charge in [0, 0.05) is 5.56 Å². The summed E-state index contributed by atoms with van der Waals surface area (Å²) >= 11 is 0. The van der Waals surface area contributed by atoms with Crippen LogP contribution < -0.4 is 11.4 Å². The van der Waals surface area contributed by atoms with E-state index in [-0.39, 0.29) is 11.5 Å². The van der Waals surface area contributed by atoms with E-state index in [4.69, 9.17) is 11.1 Å². The van der Waals surface area contributed by atoms with E-state index in [1.54, 1.807) is 57.2 Å². The maximum Gasteiger partial charge on any atom is 0.355 e. The zero-order valence-corrected chi connectivity index (χ0v) is 16.5. The Morgan fingerprint density at radius 3 is 2.17 bits per heavy atom. The van der Waals surface area contributed by atoms with E-state index in [0.29, 0.717) is 29.2 Å². The fourth-order valence-corrected chi connectivity index (χ4v) is 3.06. The summed E-state index contributed by atoms with van der Waals surface area (Å²) in [5.74, 6) is -0.383. The Hall–Kier alpha value is -3.68. The second-order valence-corrected chi connectivity index (χ2v) is 7.57. The SMILES string of the molecule is Cc1nn(-c2ccc(C(=N)N)cc2)c(=O)n1-c1ccc(CC(C)(C)C(=O)O)cc1. The highest BCUT2D eigenvalue weighted by Crippen LogP contribution is 2.23. The van der Waals surface area contributed by atoms with Crippen LogP contribution in [0.5, 0.6) is 0 Å². The molecule has 29 heavy (non-hydrogen) atoms. The maximum absolute atomic E-state index is 12.9. The predicted molar refractivity (Wildman–Crippen MR) is 110 cm³/mol. The summed E-state index contributed by atoms with van der Waals surface area (Å²) in [5, 5.41) is 21.1. The molecule has 0 spiro atoms. The van der Waals surface area contributed by atoms with Gasteiger partial charge in [0.2, 0.25) is 0 Å². The van der Waals surface area contributed by atoms with Crippen molar-refractivity contribution in [3.8, 4) is 11.4 Å². The summed E-state index contributed by atoms with van der Waals surface area (Å²) in [6.45, 7) is 5.10. The average Bonchev–Trinajstić information content (AvgIpc) is 2.96. The second-order valence-electron chi connectivity index (χ2n) is 7.57. The van der Waals surface area contributed by atoms with Crippen molar-refractivity contribution in [1.29, 1.82) is 5.41 Å². The number of aromatic nitrogens is 3. The van der Waals surface area contributed by atoms with Crippen molar-refractivity contribution in [2.24, 2.45) is 11.1 Å². The summed E-state index contributed by atoms with van der Waals surface area (Å²) in [7, 11) is 0. The summed E-state index contributed by atoms with van der Waals surface area (Å²) < 4.78 is 2.78. The molecular weight excluding hydrogens is 370 g/mol. The Labute approximate surface area is 167 Å². The van der Waals surface area contributed by atoms with Crippen LogP contribution in [0.15, 0.2) is 53.3 Å². The van der Waals surface area contributed by atoms with Gasteiger partial charge in [0.15, 0.2) is 0 Å². The number of hydrogen-bond acceptors (Lipinski definition) is 4. The van der Waals surface area contributed by atoms with Crippen LogP contribution >= 0.6 is 0 Å².